The van der Waals surface area contributed by atoms with Gasteiger partial charge in [0.25, 0.3) is 0 Å². The fraction of sp³-hybridized carbons (Fsp3) is 0.231. The van der Waals surface area contributed by atoms with Gasteiger partial charge in [0.05, 0.1) is 15.8 Å². The van der Waals surface area contributed by atoms with E-state index in [-0.39, 0.29) is 5.82 Å². The Bertz CT molecular complexity index is 554. The third-order valence-electron chi connectivity index (χ3n) is 2.75. The zero-order valence-corrected chi connectivity index (χ0v) is 12.4. The van der Waals surface area contributed by atoms with E-state index >= 15 is 0 Å². The summed E-state index contributed by atoms with van der Waals surface area (Å²) in [7, 11) is 0. The van der Waals surface area contributed by atoms with Crippen molar-refractivity contribution in [1.82, 2.24) is 0 Å². The lowest BCUT2D eigenvalue weighted by molar-refractivity contribution is 0.622. The first-order chi connectivity index (χ1) is 8.61. The molecule has 0 radical (unpaired) electrons. The maximum Gasteiger partial charge on any atom is 0.139 e. The third-order valence-corrected chi connectivity index (χ3v) is 4.32. The summed E-state index contributed by atoms with van der Waals surface area (Å²) < 4.78 is 13.7. The highest BCUT2D eigenvalue weighted by Crippen LogP contribution is 2.28. The van der Waals surface area contributed by atoms with Gasteiger partial charge in [-0.1, -0.05) is 6.92 Å². The summed E-state index contributed by atoms with van der Waals surface area (Å²) in [6.45, 7) is 2.84. The zero-order valence-electron chi connectivity index (χ0n) is 9.97. The average molecular weight is 329 g/mol. The van der Waals surface area contributed by atoms with Crippen molar-refractivity contribution in [2.45, 2.75) is 19.9 Å². The highest BCUT2D eigenvalue weighted by atomic mass is 79.9. The molecule has 5 heteroatoms. The lowest BCUT2D eigenvalue weighted by Crippen LogP contribution is -2.03. The lowest BCUT2D eigenvalue weighted by Gasteiger charge is -2.10. The summed E-state index contributed by atoms with van der Waals surface area (Å²) in [5.74, 6) is -0.344. The Kier molecular flexibility index (Phi) is 4.24. The van der Waals surface area contributed by atoms with Gasteiger partial charge in [-0.05, 0) is 45.4 Å². The number of hydrogen-bond acceptors (Lipinski definition) is 3. The molecule has 0 aliphatic heterocycles. The molecule has 18 heavy (non-hydrogen) atoms. The van der Waals surface area contributed by atoms with Gasteiger partial charge in [0.15, 0.2) is 0 Å². The molecule has 0 saturated carbocycles. The second-order valence-electron chi connectivity index (χ2n) is 3.93. The molecule has 1 aromatic heterocycles. The Morgan fingerprint density at radius 3 is 2.94 bits per heavy atom. The van der Waals surface area contributed by atoms with Crippen molar-refractivity contribution in [3.8, 4) is 0 Å². The molecule has 0 aliphatic carbocycles. The van der Waals surface area contributed by atoms with Crippen LogP contribution < -0.4 is 11.1 Å². The van der Waals surface area contributed by atoms with Crippen LogP contribution in [0.2, 0.25) is 0 Å². The molecule has 96 valence electrons. The summed E-state index contributed by atoms with van der Waals surface area (Å²) in [6, 6.07) is 5.12. The van der Waals surface area contributed by atoms with E-state index in [0.29, 0.717) is 16.7 Å². The van der Waals surface area contributed by atoms with E-state index in [0.717, 1.165) is 12.1 Å². The molecule has 0 amide bonds. The molecule has 0 saturated heterocycles. The number of halogens is 2. The van der Waals surface area contributed by atoms with Gasteiger partial charge in [-0.3, -0.25) is 0 Å². The number of thiophene rings is 1. The second kappa shape index (κ2) is 5.71. The Balaban J connectivity index is 2.13. The summed E-state index contributed by atoms with van der Waals surface area (Å²) >= 11 is 4.88. The smallest absolute Gasteiger partial charge is 0.139 e. The van der Waals surface area contributed by atoms with E-state index in [1.54, 1.807) is 17.4 Å². The summed E-state index contributed by atoms with van der Waals surface area (Å²) in [5.41, 5.74) is 8.29. The summed E-state index contributed by atoms with van der Waals surface area (Å²) in [4.78, 5) is 1.29. The zero-order chi connectivity index (χ0) is 13.1. The van der Waals surface area contributed by atoms with E-state index in [4.69, 9.17) is 5.73 Å². The first-order valence-corrected chi connectivity index (χ1v) is 7.32. The van der Waals surface area contributed by atoms with Crippen LogP contribution in [-0.4, -0.2) is 0 Å². The van der Waals surface area contributed by atoms with E-state index < -0.39 is 0 Å². The maximum absolute atomic E-state index is 13.2. The molecule has 0 atom stereocenters. The molecule has 3 N–H and O–H groups in total. The van der Waals surface area contributed by atoms with Crippen molar-refractivity contribution in [3.05, 3.63) is 44.3 Å². The number of aryl methyl sites for hydroxylation is 1. The van der Waals surface area contributed by atoms with E-state index in [1.165, 1.54) is 16.5 Å². The molecule has 1 aromatic carbocycles. The number of nitrogen functional groups attached to an aromatic ring is 1. The topological polar surface area (TPSA) is 38.0 Å². The number of hydrogen-bond donors (Lipinski definition) is 2. The van der Waals surface area contributed by atoms with Crippen LogP contribution in [0, 0.1) is 5.82 Å². The Hall–Kier alpha value is -1.07. The van der Waals surface area contributed by atoms with Gasteiger partial charge in [-0.15, -0.1) is 11.3 Å². The molecule has 2 rings (SSSR count). The predicted octanol–water partition coefficient (Wildman–Crippen LogP) is 4.41. The quantitative estimate of drug-likeness (QED) is 0.816. The molecular formula is C13H14BrFN2S. The Labute approximate surface area is 118 Å². The number of rotatable bonds is 4. The molecule has 0 unspecified atom stereocenters. The van der Waals surface area contributed by atoms with Crippen molar-refractivity contribution in [2.24, 2.45) is 0 Å². The minimum absolute atomic E-state index is 0.344. The fourth-order valence-corrected chi connectivity index (χ4v) is 2.99. The molecule has 0 bridgehead atoms. The molecule has 2 aromatic rings. The molecule has 1 heterocycles. The van der Waals surface area contributed by atoms with Crippen LogP contribution in [0.5, 0.6) is 0 Å². The van der Waals surface area contributed by atoms with Gasteiger partial charge in [0.2, 0.25) is 0 Å². The van der Waals surface area contributed by atoms with Crippen LogP contribution in [0.25, 0.3) is 0 Å². The molecule has 0 aliphatic rings. The lowest BCUT2D eigenvalue weighted by atomic mass is 10.2. The van der Waals surface area contributed by atoms with E-state index in [1.807, 2.05) is 0 Å². The number of benzene rings is 1. The van der Waals surface area contributed by atoms with Crippen LogP contribution in [0.15, 0.2) is 28.1 Å². The minimum Gasteiger partial charge on any atom is -0.397 e. The largest absolute Gasteiger partial charge is 0.397 e. The van der Waals surface area contributed by atoms with Gasteiger partial charge in [-0.2, -0.15) is 0 Å². The predicted molar refractivity (Wildman–Crippen MR) is 79.5 cm³/mol. The minimum atomic E-state index is -0.344. The van der Waals surface area contributed by atoms with Gasteiger partial charge in [0.1, 0.15) is 5.82 Å². The Morgan fingerprint density at radius 2 is 2.22 bits per heavy atom. The normalized spacial score (nSPS) is 10.6. The Morgan fingerprint density at radius 1 is 1.44 bits per heavy atom. The van der Waals surface area contributed by atoms with Gasteiger partial charge in [-0.25, -0.2) is 4.39 Å². The highest BCUT2D eigenvalue weighted by molar-refractivity contribution is 9.10. The number of nitrogens with one attached hydrogen (secondary N) is 1. The van der Waals surface area contributed by atoms with Gasteiger partial charge < -0.3 is 11.1 Å². The number of anilines is 2. The van der Waals surface area contributed by atoms with E-state index in [2.05, 4.69) is 39.6 Å². The monoisotopic (exact) mass is 328 g/mol. The van der Waals surface area contributed by atoms with Gasteiger partial charge >= 0.3 is 0 Å². The third kappa shape index (κ3) is 2.84. The van der Waals surface area contributed by atoms with Crippen molar-refractivity contribution in [2.75, 3.05) is 11.1 Å². The molecule has 0 spiro atoms. The molecular weight excluding hydrogens is 315 g/mol. The summed E-state index contributed by atoms with van der Waals surface area (Å²) in [5, 5.41) is 5.33. The maximum atomic E-state index is 13.2. The van der Waals surface area contributed by atoms with Crippen LogP contribution >= 0.6 is 27.3 Å². The fourth-order valence-electron chi connectivity index (χ4n) is 1.73. The molecule has 2 nitrogen and oxygen atoms in total. The summed E-state index contributed by atoms with van der Waals surface area (Å²) in [6.07, 6.45) is 1.02. The van der Waals surface area contributed by atoms with E-state index in [9.17, 15) is 4.39 Å². The van der Waals surface area contributed by atoms with Crippen LogP contribution in [0.1, 0.15) is 17.4 Å². The average Bonchev–Trinajstić information content (AvgIpc) is 2.79. The van der Waals surface area contributed by atoms with Crippen molar-refractivity contribution in [3.63, 3.8) is 0 Å². The highest BCUT2D eigenvalue weighted by Gasteiger charge is 2.07. The van der Waals surface area contributed by atoms with Crippen molar-refractivity contribution >= 4 is 38.6 Å². The first kappa shape index (κ1) is 13.4. The van der Waals surface area contributed by atoms with Crippen LogP contribution in [0.3, 0.4) is 0 Å². The second-order valence-corrected chi connectivity index (χ2v) is 5.78. The number of nitrogens with two attached hydrogens (primary N) is 1. The van der Waals surface area contributed by atoms with Crippen LogP contribution in [0.4, 0.5) is 15.8 Å². The van der Waals surface area contributed by atoms with Crippen LogP contribution in [-0.2, 0) is 13.0 Å². The van der Waals surface area contributed by atoms with Gasteiger partial charge in [0, 0.05) is 17.5 Å². The van der Waals surface area contributed by atoms with Crippen molar-refractivity contribution < 1.29 is 4.39 Å². The van der Waals surface area contributed by atoms with Crippen molar-refractivity contribution in [1.29, 1.82) is 0 Å². The standard InChI is InChI=1S/C13H14BrFN2S/c1-2-8-3-4-18-13(8)7-17-12-5-9(14)10(15)6-11(12)16/h3-6,17H,2,7,16H2,1H3. The molecule has 0 fully saturated rings. The first-order valence-electron chi connectivity index (χ1n) is 5.65. The SMILES string of the molecule is CCc1ccsc1CNc1cc(Br)c(F)cc1N.